The topological polar surface area (TPSA) is 111 Å². The summed E-state index contributed by atoms with van der Waals surface area (Å²) in [5.74, 6) is -0.398. The van der Waals surface area contributed by atoms with Crippen molar-refractivity contribution in [2.45, 2.75) is 18.9 Å². The quantitative estimate of drug-likeness (QED) is 0.392. The molecule has 1 unspecified atom stereocenters. The lowest BCUT2D eigenvalue weighted by atomic mass is 10.1. The van der Waals surface area contributed by atoms with Crippen LogP contribution in [-0.2, 0) is 20.7 Å². The van der Waals surface area contributed by atoms with E-state index in [0.717, 1.165) is 10.5 Å². The van der Waals surface area contributed by atoms with Gasteiger partial charge in [0, 0.05) is 6.54 Å². The van der Waals surface area contributed by atoms with Crippen LogP contribution >= 0.6 is 11.8 Å². The predicted octanol–water partition coefficient (Wildman–Crippen LogP) is 2.08. The van der Waals surface area contributed by atoms with Gasteiger partial charge in [-0.15, -0.1) is 0 Å². The second kappa shape index (κ2) is 11.3. The summed E-state index contributed by atoms with van der Waals surface area (Å²) >= 11 is 1.48. The van der Waals surface area contributed by atoms with Crippen molar-refractivity contribution in [1.29, 1.82) is 0 Å². The molecule has 0 fully saturated rings. The summed E-state index contributed by atoms with van der Waals surface area (Å²) in [7, 11) is 0. The molecule has 2 aromatic rings. The third-order valence-electron chi connectivity index (χ3n) is 5.69. The van der Waals surface area contributed by atoms with Crippen LogP contribution in [0.4, 0.5) is 0 Å². The number of amides is 3. The van der Waals surface area contributed by atoms with Gasteiger partial charge in [0.25, 0.3) is 17.7 Å². The van der Waals surface area contributed by atoms with Crippen molar-refractivity contribution in [3.63, 3.8) is 0 Å². The van der Waals surface area contributed by atoms with Crippen LogP contribution in [0.25, 0.3) is 0 Å². The number of esters is 1. The molecular formula is C25H26N2O7S. The van der Waals surface area contributed by atoms with Crippen LogP contribution in [0.3, 0.4) is 0 Å². The first-order valence-corrected chi connectivity index (χ1v) is 12.7. The Bertz CT molecular complexity index is 1100. The number of thioether (sulfide) groups is 1. The van der Waals surface area contributed by atoms with Crippen molar-refractivity contribution in [3.05, 3.63) is 59.2 Å². The van der Waals surface area contributed by atoms with Gasteiger partial charge < -0.3 is 19.5 Å². The summed E-state index contributed by atoms with van der Waals surface area (Å²) in [5, 5.41) is 2.71. The number of nitrogens with one attached hydrogen (secondary N) is 1. The van der Waals surface area contributed by atoms with Crippen molar-refractivity contribution in [1.82, 2.24) is 10.2 Å². The number of imide groups is 1. The van der Waals surface area contributed by atoms with Gasteiger partial charge in [0.1, 0.15) is 19.3 Å². The number of carbonyl (C=O) groups is 4. The van der Waals surface area contributed by atoms with Crippen LogP contribution in [-0.4, -0.2) is 73.0 Å². The van der Waals surface area contributed by atoms with Crippen LogP contribution in [0.5, 0.6) is 11.5 Å². The number of benzene rings is 2. The average Bonchev–Trinajstić information content (AvgIpc) is 3.13. The van der Waals surface area contributed by atoms with Crippen molar-refractivity contribution in [2.75, 3.05) is 38.4 Å². The van der Waals surface area contributed by atoms with E-state index in [9.17, 15) is 19.2 Å². The molecular weight excluding hydrogens is 472 g/mol. The third-order valence-corrected chi connectivity index (χ3v) is 6.34. The predicted molar refractivity (Wildman–Crippen MR) is 129 cm³/mol. The SMILES string of the molecule is CSCCC(C(=O)OCC(=O)NCCc1ccc2c(c1)OCCO2)N1C(=O)c2ccccc2C1=O. The molecule has 2 heterocycles. The minimum atomic E-state index is -1.10. The highest BCUT2D eigenvalue weighted by molar-refractivity contribution is 7.98. The molecule has 0 saturated heterocycles. The molecule has 0 aromatic heterocycles. The maximum absolute atomic E-state index is 12.8. The zero-order valence-electron chi connectivity index (χ0n) is 19.3. The Hall–Kier alpha value is -3.53. The fraction of sp³-hybridized carbons (Fsp3) is 0.360. The molecule has 9 nitrogen and oxygen atoms in total. The Labute approximate surface area is 207 Å². The highest BCUT2D eigenvalue weighted by atomic mass is 32.2. The van der Waals surface area contributed by atoms with Gasteiger partial charge in [0.15, 0.2) is 18.1 Å². The lowest BCUT2D eigenvalue weighted by Gasteiger charge is -2.24. The lowest BCUT2D eigenvalue weighted by Crippen LogP contribution is -2.46. The average molecular weight is 499 g/mol. The zero-order chi connectivity index (χ0) is 24.8. The molecule has 35 heavy (non-hydrogen) atoms. The normalized spacial score (nSPS) is 14.9. The van der Waals surface area contributed by atoms with E-state index in [-0.39, 0.29) is 17.5 Å². The minimum Gasteiger partial charge on any atom is -0.486 e. The van der Waals surface area contributed by atoms with Gasteiger partial charge in [-0.25, -0.2) is 4.79 Å². The number of ether oxygens (including phenoxy) is 3. The summed E-state index contributed by atoms with van der Waals surface area (Å²) in [6, 6.07) is 11.0. The van der Waals surface area contributed by atoms with Gasteiger partial charge in [0.05, 0.1) is 11.1 Å². The first-order chi connectivity index (χ1) is 17.0. The molecule has 0 saturated carbocycles. The molecule has 2 aliphatic heterocycles. The fourth-order valence-electron chi connectivity index (χ4n) is 3.95. The largest absolute Gasteiger partial charge is 0.486 e. The van der Waals surface area contributed by atoms with Crippen LogP contribution in [0.1, 0.15) is 32.7 Å². The summed E-state index contributed by atoms with van der Waals surface area (Å²) in [5.41, 5.74) is 1.49. The van der Waals surface area contributed by atoms with E-state index in [4.69, 9.17) is 14.2 Å². The molecule has 3 amide bonds. The second-order valence-electron chi connectivity index (χ2n) is 8.01. The van der Waals surface area contributed by atoms with Crippen LogP contribution < -0.4 is 14.8 Å². The number of hydrogen-bond acceptors (Lipinski definition) is 8. The van der Waals surface area contributed by atoms with E-state index in [1.54, 1.807) is 24.3 Å². The Kier molecular flexibility index (Phi) is 7.91. The summed E-state index contributed by atoms with van der Waals surface area (Å²) in [6.07, 6.45) is 2.65. The number of rotatable bonds is 10. The van der Waals surface area contributed by atoms with Gasteiger partial charge in [-0.05, 0) is 54.7 Å². The Morgan fingerprint density at radius 1 is 1.06 bits per heavy atom. The molecule has 1 N–H and O–H groups in total. The number of nitrogens with zero attached hydrogens (tertiary/aromatic N) is 1. The summed E-state index contributed by atoms with van der Waals surface area (Å²) in [6.45, 7) is 0.854. The van der Waals surface area contributed by atoms with E-state index < -0.39 is 36.3 Å². The van der Waals surface area contributed by atoms with Crippen molar-refractivity contribution < 1.29 is 33.4 Å². The van der Waals surface area contributed by atoms with E-state index in [1.165, 1.54) is 11.8 Å². The number of carbonyl (C=O) groups excluding carboxylic acids is 4. The van der Waals surface area contributed by atoms with E-state index >= 15 is 0 Å². The van der Waals surface area contributed by atoms with E-state index in [1.807, 2.05) is 24.5 Å². The second-order valence-corrected chi connectivity index (χ2v) is 8.99. The molecule has 1 atom stereocenters. The molecule has 2 aromatic carbocycles. The number of fused-ring (bicyclic) bond motifs is 2. The smallest absolute Gasteiger partial charge is 0.329 e. The summed E-state index contributed by atoms with van der Waals surface area (Å²) in [4.78, 5) is 51.7. The lowest BCUT2D eigenvalue weighted by molar-refractivity contribution is -0.152. The highest BCUT2D eigenvalue weighted by Crippen LogP contribution is 2.31. The Balaban J connectivity index is 1.29. The van der Waals surface area contributed by atoms with Gasteiger partial charge in [-0.3, -0.25) is 19.3 Å². The monoisotopic (exact) mass is 498 g/mol. The maximum Gasteiger partial charge on any atom is 0.329 e. The van der Waals surface area contributed by atoms with Crippen LogP contribution in [0.15, 0.2) is 42.5 Å². The Morgan fingerprint density at radius 3 is 2.43 bits per heavy atom. The molecule has 0 aliphatic carbocycles. The van der Waals surface area contributed by atoms with Crippen molar-refractivity contribution in [3.8, 4) is 11.5 Å². The molecule has 0 bridgehead atoms. The van der Waals surface area contributed by atoms with Gasteiger partial charge in [-0.1, -0.05) is 18.2 Å². The number of hydrogen-bond donors (Lipinski definition) is 1. The van der Waals surface area contributed by atoms with E-state index in [0.29, 0.717) is 43.4 Å². The molecule has 10 heteroatoms. The standard InChI is InChI=1S/C25H26N2O7S/c1-35-13-9-19(27-23(29)17-4-2-3-5-18(17)24(27)30)25(31)34-15-22(28)26-10-8-16-6-7-20-21(14-16)33-12-11-32-20/h2-7,14,19H,8-13,15H2,1H3,(H,26,28). The minimum absolute atomic E-state index is 0.233. The van der Waals surface area contributed by atoms with Crippen molar-refractivity contribution in [2.24, 2.45) is 0 Å². The first-order valence-electron chi connectivity index (χ1n) is 11.3. The van der Waals surface area contributed by atoms with Crippen molar-refractivity contribution >= 4 is 35.5 Å². The molecule has 4 rings (SSSR count). The Morgan fingerprint density at radius 2 is 1.74 bits per heavy atom. The first kappa shape index (κ1) is 24.6. The highest BCUT2D eigenvalue weighted by Gasteiger charge is 2.43. The maximum atomic E-state index is 12.8. The third kappa shape index (κ3) is 5.59. The molecule has 0 spiro atoms. The van der Waals surface area contributed by atoms with Gasteiger partial charge in [-0.2, -0.15) is 11.8 Å². The molecule has 184 valence electrons. The van der Waals surface area contributed by atoms with Gasteiger partial charge in [0.2, 0.25) is 0 Å². The molecule has 0 radical (unpaired) electrons. The van der Waals surface area contributed by atoms with Crippen LogP contribution in [0.2, 0.25) is 0 Å². The molecule has 2 aliphatic rings. The van der Waals surface area contributed by atoms with E-state index in [2.05, 4.69) is 5.32 Å². The van der Waals surface area contributed by atoms with Crippen LogP contribution in [0, 0.1) is 0 Å². The zero-order valence-corrected chi connectivity index (χ0v) is 20.1. The fourth-order valence-corrected chi connectivity index (χ4v) is 4.41. The summed E-state index contributed by atoms with van der Waals surface area (Å²) < 4.78 is 16.3. The van der Waals surface area contributed by atoms with Gasteiger partial charge >= 0.3 is 5.97 Å².